The maximum Gasteiger partial charge on any atom is 0.191 e. The maximum absolute atomic E-state index is 12.2. The zero-order valence-corrected chi connectivity index (χ0v) is 14.6. The molecule has 0 atom stereocenters. The van der Waals surface area contributed by atoms with Crippen molar-refractivity contribution in [1.29, 1.82) is 0 Å². The summed E-state index contributed by atoms with van der Waals surface area (Å²) in [4.78, 5) is 12.2. The minimum atomic E-state index is 0.0708. The Kier molecular flexibility index (Phi) is 4.71. The molecule has 0 unspecified atom stereocenters. The van der Waals surface area contributed by atoms with Gasteiger partial charge in [-0.1, -0.05) is 11.8 Å². The number of aryl methyl sites for hydroxylation is 1. The van der Waals surface area contributed by atoms with Crippen molar-refractivity contribution in [2.24, 2.45) is 14.1 Å². The third-order valence-electron chi connectivity index (χ3n) is 3.74. The first-order valence-corrected chi connectivity index (χ1v) is 8.40. The second-order valence-electron chi connectivity index (χ2n) is 5.31. The molecule has 124 valence electrons. The van der Waals surface area contributed by atoms with Crippen molar-refractivity contribution in [3.05, 3.63) is 48.3 Å². The maximum atomic E-state index is 12.2. The van der Waals surface area contributed by atoms with Crippen LogP contribution < -0.4 is 4.74 Å². The topological polar surface area (TPSA) is 61.9 Å². The molecule has 7 heteroatoms. The highest BCUT2D eigenvalue weighted by Crippen LogP contribution is 2.24. The number of aromatic nitrogens is 4. The summed E-state index contributed by atoms with van der Waals surface area (Å²) in [5.74, 6) is 1.95. The lowest BCUT2D eigenvalue weighted by Gasteiger charge is -2.05. The van der Waals surface area contributed by atoms with E-state index in [9.17, 15) is 4.79 Å². The molecular formula is C17H18N4O2S. The molecule has 0 aliphatic rings. The van der Waals surface area contributed by atoms with E-state index < -0.39 is 0 Å². The van der Waals surface area contributed by atoms with Crippen LogP contribution in [0.3, 0.4) is 0 Å². The number of carbonyl (C=O) groups excluding carboxylic acids is 1. The van der Waals surface area contributed by atoms with Gasteiger partial charge in [-0.3, -0.25) is 4.79 Å². The summed E-state index contributed by atoms with van der Waals surface area (Å²) in [7, 11) is 5.40. The van der Waals surface area contributed by atoms with E-state index in [0.29, 0.717) is 16.6 Å². The molecule has 24 heavy (non-hydrogen) atoms. The van der Waals surface area contributed by atoms with Gasteiger partial charge in [0, 0.05) is 25.9 Å². The van der Waals surface area contributed by atoms with Crippen molar-refractivity contribution < 1.29 is 9.53 Å². The predicted molar refractivity (Wildman–Crippen MR) is 93.5 cm³/mol. The van der Waals surface area contributed by atoms with E-state index in [0.717, 1.165) is 17.1 Å². The van der Waals surface area contributed by atoms with Crippen LogP contribution in [0.5, 0.6) is 5.75 Å². The Bertz CT molecular complexity index is 852. The average Bonchev–Trinajstić information content (AvgIpc) is 3.19. The van der Waals surface area contributed by atoms with Crippen LogP contribution in [0.4, 0.5) is 0 Å². The van der Waals surface area contributed by atoms with Crippen molar-refractivity contribution >= 4 is 17.5 Å². The van der Waals surface area contributed by atoms with Crippen LogP contribution in [0.1, 0.15) is 10.5 Å². The van der Waals surface area contributed by atoms with Crippen LogP contribution in [-0.2, 0) is 14.1 Å². The number of thioether (sulfide) groups is 1. The van der Waals surface area contributed by atoms with Crippen LogP contribution in [0.2, 0.25) is 0 Å². The second kappa shape index (κ2) is 6.92. The minimum absolute atomic E-state index is 0.0708. The van der Waals surface area contributed by atoms with Crippen LogP contribution in [-0.4, -0.2) is 38.0 Å². The number of rotatable bonds is 6. The molecule has 0 fully saturated rings. The summed E-state index contributed by atoms with van der Waals surface area (Å²) in [5, 5.41) is 9.14. The van der Waals surface area contributed by atoms with E-state index in [-0.39, 0.29) is 5.78 Å². The van der Waals surface area contributed by atoms with E-state index in [1.54, 1.807) is 7.11 Å². The number of benzene rings is 1. The molecule has 0 amide bonds. The Labute approximate surface area is 144 Å². The first-order valence-electron chi connectivity index (χ1n) is 7.41. The molecule has 3 rings (SSSR count). The van der Waals surface area contributed by atoms with Crippen LogP contribution in [0, 0.1) is 0 Å². The van der Waals surface area contributed by atoms with E-state index in [4.69, 9.17) is 4.74 Å². The standard InChI is InChI=1S/C17H18N4O2S/c1-20-10-4-5-14(20)15(22)11-24-17-19-18-16(21(17)2)12-6-8-13(23-3)9-7-12/h4-10H,11H2,1-3H3. The number of hydrogen-bond donors (Lipinski definition) is 0. The summed E-state index contributed by atoms with van der Waals surface area (Å²) in [6, 6.07) is 11.3. The molecule has 1 aromatic carbocycles. The lowest BCUT2D eigenvalue weighted by atomic mass is 10.2. The molecule has 0 saturated carbocycles. The SMILES string of the molecule is COc1ccc(-c2nnc(SCC(=O)c3cccn3C)n2C)cc1. The molecule has 0 aliphatic carbocycles. The van der Waals surface area contributed by atoms with Gasteiger partial charge >= 0.3 is 0 Å². The molecule has 0 saturated heterocycles. The number of carbonyl (C=O) groups is 1. The van der Waals surface area contributed by atoms with Gasteiger partial charge in [0.05, 0.1) is 18.6 Å². The molecule has 6 nitrogen and oxygen atoms in total. The first-order chi connectivity index (χ1) is 11.6. The second-order valence-corrected chi connectivity index (χ2v) is 6.25. The van der Waals surface area contributed by atoms with Gasteiger partial charge in [-0.2, -0.15) is 0 Å². The summed E-state index contributed by atoms with van der Waals surface area (Å²) in [6.07, 6.45) is 1.86. The van der Waals surface area contributed by atoms with Gasteiger partial charge in [0.25, 0.3) is 0 Å². The highest BCUT2D eigenvalue weighted by molar-refractivity contribution is 7.99. The molecule has 0 N–H and O–H groups in total. The monoisotopic (exact) mass is 342 g/mol. The zero-order valence-electron chi connectivity index (χ0n) is 13.8. The Balaban J connectivity index is 1.73. The lowest BCUT2D eigenvalue weighted by Crippen LogP contribution is -2.08. The number of hydrogen-bond acceptors (Lipinski definition) is 5. The number of ketones is 1. The molecule has 0 spiro atoms. The fourth-order valence-electron chi connectivity index (χ4n) is 2.39. The summed E-state index contributed by atoms with van der Waals surface area (Å²) in [6.45, 7) is 0. The Morgan fingerprint density at radius 1 is 1.17 bits per heavy atom. The first kappa shape index (κ1) is 16.3. The molecule has 0 bridgehead atoms. The largest absolute Gasteiger partial charge is 0.497 e. The Morgan fingerprint density at radius 2 is 1.92 bits per heavy atom. The quantitative estimate of drug-likeness (QED) is 0.509. The van der Waals surface area contributed by atoms with E-state index >= 15 is 0 Å². The zero-order chi connectivity index (χ0) is 17.1. The van der Waals surface area contributed by atoms with Gasteiger partial charge in [-0.05, 0) is 36.4 Å². The lowest BCUT2D eigenvalue weighted by molar-refractivity contribution is 0.101. The number of ether oxygens (including phenoxy) is 1. The highest BCUT2D eigenvalue weighted by atomic mass is 32.2. The number of nitrogens with zero attached hydrogens (tertiary/aromatic N) is 4. The minimum Gasteiger partial charge on any atom is -0.497 e. The van der Waals surface area contributed by atoms with E-state index in [1.165, 1.54) is 11.8 Å². The third-order valence-corrected chi connectivity index (χ3v) is 4.77. The smallest absolute Gasteiger partial charge is 0.191 e. The van der Waals surface area contributed by atoms with Gasteiger partial charge < -0.3 is 13.9 Å². The van der Waals surface area contributed by atoms with Crippen LogP contribution in [0.15, 0.2) is 47.8 Å². The molecule has 0 aliphatic heterocycles. The van der Waals surface area contributed by atoms with Crippen molar-refractivity contribution in [3.8, 4) is 17.1 Å². The summed E-state index contributed by atoms with van der Waals surface area (Å²) >= 11 is 1.39. The number of methoxy groups -OCH3 is 1. The molecule has 0 radical (unpaired) electrons. The molecule has 3 aromatic rings. The Morgan fingerprint density at radius 3 is 2.54 bits per heavy atom. The van der Waals surface area contributed by atoms with Crippen molar-refractivity contribution in [3.63, 3.8) is 0 Å². The van der Waals surface area contributed by atoms with Gasteiger partial charge in [0.2, 0.25) is 0 Å². The fourth-order valence-corrected chi connectivity index (χ4v) is 3.17. The van der Waals surface area contributed by atoms with Crippen LogP contribution in [0.25, 0.3) is 11.4 Å². The predicted octanol–water partition coefficient (Wildman–Crippen LogP) is 2.80. The van der Waals surface area contributed by atoms with Crippen molar-refractivity contribution in [1.82, 2.24) is 19.3 Å². The van der Waals surface area contributed by atoms with Gasteiger partial charge in [0.1, 0.15) is 5.75 Å². The Hall–Kier alpha value is -2.54. The molecule has 2 aromatic heterocycles. The van der Waals surface area contributed by atoms with Gasteiger partial charge in [-0.25, -0.2) is 0 Å². The van der Waals surface area contributed by atoms with E-state index in [1.807, 2.05) is 65.8 Å². The summed E-state index contributed by atoms with van der Waals surface area (Å²) < 4.78 is 8.88. The van der Waals surface area contributed by atoms with E-state index in [2.05, 4.69) is 10.2 Å². The van der Waals surface area contributed by atoms with Crippen molar-refractivity contribution in [2.45, 2.75) is 5.16 Å². The van der Waals surface area contributed by atoms with Crippen molar-refractivity contribution in [2.75, 3.05) is 12.9 Å². The summed E-state index contributed by atoms with van der Waals surface area (Å²) in [5.41, 5.74) is 1.64. The average molecular weight is 342 g/mol. The van der Waals surface area contributed by atoms with Gasteiger partial charge in [0.15, 0.2) is 16.8 Å². The number of Topliss-reactive ketones (excluding diaryl/α,β-unsaturated/α-hetero) is 1. The molecule has 2 heterocycles. The van der Waals surface area contributed by atoms with Crippen LogP contribution >= 0.6 is 11.8 Å². The normalized spacial score (nSPS) is 10.8. The van der Waals surface area contributed by atoms with Gasteiger partial charge in [-0.15, -0.1) is 10.2 Å². The fraction of sp³-hybridized carbons (Fsp3) is 0.235. The highest BCUT2D eigenvalue weighted by Gasteiger charge is 2.15. The molecular weight excluding hydrogens is 324 g/mol. The third kappa shape index (κ3) is 3.21.